The zero-order chi connectivity index (χ0) is 15.2. The standard InChI is InChI=1S/C17H15F2NO/c1-20(12-14-5-8-15(18)9-6-14)17(21)10-7-13-3-2-4-16(19)11-13/h2-11H,12H2,1H3. The van der Waals surface area contributed by atoms with E-state index in [1.165, 1.54) is 35.2 Å². The molecule has 2 rings (SSSR count). The van der Waals surface area contributed by atoms with E-state index >= 15 is 0 Å². The Balaban J connectivity index is 1.97. The van der Waals surface area contributed by atoms with Crippen LogP contribution in [0.25, 0.3) is 6.08 Å². The fourth-order valence-electron chi connectivity index (χ4n) is 1.85. The van der Waals surface area contributed by atoms with Gasteiger partial charge in [0.25, 0.3) is 0 Å². The second-order valence-electron chi connectivity index (χ2n) is 4.71. The van der Waals surface area contributed by atoms with Gasteiger partial charge in [-0.25, -0.2) is 8.78 Å². The van der Waals surface area contributed by atoms with Crippen LogP contribution in [0.1, 0.15) is 11.1 Å². The molecule has 0 N–H and O–H groups in total. The zero-order valence-corrected chi connectivity index (χ0v) is 11.6. The second-order valence-corrected chi connectivity index (χ2v) is 4.71. The Labute approximate surface area is 122 Å². The van der Waals surface area contributed by atoms with E-state index in [1.807, 2.05) is 0 Å². The molecule has 21 heavy (non-hydrogen) atoms. The molecular weight excluding hydrogens is 272 g/mol. The molecule has 0 aromatic heterocycles. The summed E-state index contributed by atoms with van der Waals surface area (Å²) in [6, 6.07) is 12.0. The van der Waals surface area contributed by atoms with Crippen LogP contribution in [0.4, 0.5) is 8.78 Å². The Morgan fingerprint density at radius 3 is 2.48 bits per heavy atom. The van der Waals surface area contributed by atoms with E-state index in [9.17, 15) is 13.6 Å². The van der Waals surface area contributed by atoms with Gasteiger partial charge in [0, 0.05) is 19.7 Å². The Kier molecular flexibility index (Phi) is 4.82. The highest BCUT2D eigenvalue weighted by Gasteiger charge is 2.05. The minimum absolute atomic E-state index is 0.205. The molecule has 108 valence electrons. The van der Waals surface area contributed by atoms with Gasteiger partial charge in [-0.3, -0.25) is 4.79 Å². The molecule has 0 saturated heterocycles. The van der Waals surface area contributed by atoms with Crippen LogP contribution in [0.2, 0.25) is 0 Å². The molecule has 0 saturated carbocycles. The lowest BCUT2D eigenvalue weighted by Crippen LogP contribution is -2.24. The molecule has 2 aromatic rings. The normalized spacial score (nSPS) is 10.8. The van der Waals surface area contributed by atoms with E-state index in [1.54, 1.807) is 37.4 Å². The molecular formula is C17H15F2NO. The van der Waals surface area contributed by atoms with Crippen LogP contribution < -0.4 is 0 Å². The number of halogens is 2. The number of likely N-dealkylation sites (N-methyl/N-ethyl adjacent to an activating group) is 1. The van der Waals surface area contributed by atoms with Gasteiger partial charge in [0.1, 0.15) is 11.6 Å². The number of rotatable bonds is 4. The van der Waals surface area contributed by atoms with E-state index in [-0.39, 0.29) is 17.5 Å². The van der Waals surface area contributed by atoms with Gasteiger partial charge in [0.15, 0.2) is 0 Å². The first-order chi connectivity index (χ1) is 10.0. The highest BCUT2D eigenvalue weighted by Crippen LogP contribution is 2.08. The van der Waals surface area contributed by atoms with Crippen molar-refractivity contribution in [2.75, 3.05) is 7.05 Å². The molecule has 0 aliphatic heterocycles. The molecule has 0 aliphatic carbocycles. The highest BCUT2D eigenvalue weighted by atomic mass is 19.1. The van der Waals surface area contributed by atoms with Crippen molar-refractivity contribution < 1.29 is 13.6 Å². The fraction of sp³-hybridized carbons (Fsp3) is 0.118. The smallest absolute Gasteiger partial charge is 0.246 e. The lowest BCUT2D eigenvalue weighted by molar-refractivity contribution is -0.125. The van der Waals surface area contributed by atoms with Crippen molar-refractivity contribution in [3.8, 4) is 0 Å². The summed E-state index contributed by atoms with van der Waals surface area (Å²) in [6.07, 6.45) is 2.95. The molecule has 0 unspecified atom stereocenters. The van der Waals surface area contributed by atoms with Crippen molar-refractivity contribution in [3.63, 3.8) is 0 Å². The molecule has 0 spiro atoms. The first-order valence-electron chi connectivity index (χ1n) is 6.48. The van der Waals surface area contributed by atoms with Crippen LogP contribution in [-0.4, -0.2) is 17.9 Å². The Bertz CT molecular complexity index is 650. The van der Waals surface area contributed by atoms with Crippen molar-refractivity contribution in [3.05, 3.63) is 77.4 Å². The number of benzene rings is 2. The first-order valence-corrected chi connectivity index (χ1v) is 6.48. The van der Waals surface area contributed by atoms with E-state index < -0.39 is 0 Å². The summed E-state index contributed by atoms with van der Waals surface area (Å²) in [5.41, 5.74) is 1.46. The predicted molar refractivity (Wildman–Crippen MR) is 78.3 cm³/mol. The molecule has 0 atom stereocenters. The van der Waals surface area contributed by atoms with Crippen molar-refractivity contribution in [2.24, 2.45) is 0 Å². The Morgan fingerprint density at radius 2 is 1.81 bits per heavy atom. The summed E-state index contributed by atoms with van der Waals surface area (Å²) in [7, 11) is 1.65. The number of carbonyl (C=O) groups excluding carboxylic acids is 1. The van der Waals surface area contributed by atoms with Gasteiger partial charge in [-0.2, -0.15) is 0 Å². The largest absolute Gasteiger partial charge is 0.338 e. The lowest BCUT2D eigenvalue weighted by Gasteiger charge is -2.15. The van der Waals surface area contributed by atoms with Gasteiger partial charge >= 0.3 is 0 Å². The Hall–Kier alpha value is -2.49. The van der Waals surface area contributed by atoms with Gasteiger partial charge in [-0.15, -0.1) is 0 Å². The SMILES string of the molecule is CN(Cc1ccc(F)cc1)C(=O)C=Cc1cccc(F)c1. The van der Waals surface area contributed by atoms with E-state index in [2.05, 4.69) is 0 Å². The number of hydrogen-bond donors (Lipinski definition) is 0. The third-order valence-electron chi connectivity index (χ3n) is 2.98. The first kappa shape index (κ1) is 14.9. The van der Waals surface area contributed by atoms with Crippen LogP contribution >= 0.6 is 0 Å². The average Bonchev–Trinajstić information content (AvgIpc) is 2.47. The molecule has 0 heterocycles. The minimum Gasteiger partial charge on any atom is -0.338 e. The van der Waals surface area contributed by atoms with Crippen molar-refractivity contribution in [2.45, 2.75) is 6.54 Å². The highest BCUT2D eigenvalue weighted by molar-refractivity contribution is 5.91. The topological polar surface area (TPSA) is 20.3 Å². The van der Waals surface area contributed by atoms with Gasteiger partial charge in [-0.05, 0) is 41.5 Å². The van der Waals surface area contributed by atoms with Crippen molar-refractivity contribution in [1.29, 1.82) is 0 Å². The molecule has 1 amide bonds. The molecule has 2 aromatic carbocycles. The van der Waals surface area contributed by atoms with E-state index in [0.29, 0.717) is 12.1 Å². The maximum absolute atomic E-state index is 13.0. The van der Waals surface area contributed by atoms with Gasteiger partial charge in [0.05, 0.1) is 0 Å². The molecule has 0 radical (unpaired) electrons. The van der Waals surface area contributed by atoms with Crippen LogP contribution in [0.15, 0.2) is 54.6 Å². The molecule has 0 bridgehead atoms. The molecule has 2 nitrogen and oxygen atoms in total. The predicted octanol–water partition coefficient (Wildman–Crippen LogP) is 3.64. The van der Waals surface area contributed by atoms with Crippen LogP contribution in [0.3, 0.4) is 0 Å². The zero-order valence-electron chi connectivity index (χ0n) is 11.6. The summed E-state index contributed by atoms with van der Waals surface area (Å²) in [5.74, 6) is -0.855. The second kappa shape index (κ2) is 6.79. The number of nitrogens with zero attached hydrogens (tertiary/aromatic N) is 1. The van der Waals surface area contributed by atoms with Gasteiger partial charge < -0.3 is 4.90 Å². The van der Waals surface area contributed by atoms with Crippen LogP contribution in [0.5, 0.6) is 0 Å². The van der Waals surface area contributed by atoms with E-state index in [4.69, 9.17) is 0 Å². The maximum Gasteiger partial charge on any atom is 0.246 e. The summed E-state index contributed by atoms with van der Waals surface area (Å²) in [4.78, 5) is 13.4. The van der Waals surface area contributed by atoms with Crippen LogP contribution in [0, 0.1) is 11.6 Å². The fourth-order valence-corrected chi connectivity index (χ4v) is 1.85. The van der Waals surface area contributed by atoms with Crippen LogP contribution in [-0.2, 0) is 11.3 Å². The maximum atomic E-state index is 13.0. The minimum atomic E-state index is -0.343. The van der Waals surface area contributed by atoms with Gasteiger partial charge in [0.2, 0.25) is 5.91 Å². The van der Waals surface area contributed by atoms with Gasteiger partial charge in [-0.1, -0.05) is 24.3 Å². The average molecular weight is 287 g/mol. The summed E-state index contributed by atoms with van der Waals surface area (Å²) >= 11 is 0. The number of hydrogen-bond acceptors (Lipinski definition) is 1. The molecule has 4 heteroatoms. The number of carbonyl (C=O) groups is 1. The quantitative estimate of drug-likeness (QED) is 0.786. The Morgan fingerprint density at radius 1 is 1.10 bits per heavy atom. The number of amides is 1. The molecule has 0 fully saturated rings. The third-order valence-corrected chi connectivity index (χ3v) is 2.98. The monoisotopic (exact) mass is 287 g/mol. The summed E-state index contributed by atoms with van der Waals surface area (Å²) < 4.78 is 25.8. The van der Waals surface area contributed by atoms with E-state index in [0.717, 1.165) is 5.56 Å². The third kappa shape index (κ3) is 4.53. The molecule has 0 aliphatic rings. The van der Waals surface area contributed by atoms with Crippen molar-refractivity contribution in [1.82, 2.24) is 4.90 Å². The summed E-state index contributed by atoms with van der Waals surface area (Å²) in [6.45, 7) is 0.382. The lowest BCUT2D eigenvalue weighted by atomic mass is 10.2. The summed E-state index contributed by atoms with van der Waals surface area (Å²) in [5, 5.41) is 0. The van der Waals surface area contributed by atoms with Crippen molar-refractivity contribution >= 4 is 12.0 Å².